The Morgan fingerprint density at radius 2 is 1.47 bits per heavy atom. The van der Waals surface area contributed by atoms with E-state index in [1.54, 1.807) is 19.1 Å². The third-order valence-corrected chi connectivity index (χ3v) is 8.04. The fraction of sp³-hybridized carbons (Fsp3) is 0.136. The van der Waals surface area contributed by atoms with E-state index < -0.39 is 25.6 Å². The molecule has 168 valence electrons. The average molecular weight is 493 g/mol. The fourth-order valence-electron chi connectivity index (χ4n) is 2.92. The SMILES string of the molecule is CC(=NS(=O)(=O)c1ccc(Cl)cc1)Nc1cc(S(=O)(=O)c2ccc(C)cc2)c(O)cc1C. The van der Waals surface area contributed by atoms with Gasteiger partial charge in [-0.05, 0) is 74.9 Å². The number of benzene rings is 3. The van der Waals surface area contributed by atoms with Crippen molar-refractivity contribution in [2.75, 3.05) is 5.32 Å². The van der Waals surface area contributed by atoms with Gasteiger partial charge in [0, 0.05) is 10.7 Å². The van der Waals surface area contributed by atoms with Crippen molar-refractivity contribution in [3.05, 3.63) is 76.8 Å². The zero-order valence-electron chi connectivity index (χ0n) is 17.5. The van der Waals surface area contributed by atoms with Crippen molar-refractivity contribution in [3.63, 3.8) is 0 Å². The summed E-state index contributed by atoms with van der Waals surface area (Å²) in [4.78, 5) is -0.306. The Morgan fingerprint density at radius 1 is 0.906 bits per heavy atom. The van der Waals surface area contributed by atoms with E-state index in [4.69, 9.17) is 11.6 Å². The van der Waals surface area contributed by atoms with Crippen LogP contribution in [-0.4, -0.2) is 27.8 Å². The Labute approximate surface area is 192 Å². The molecule has 0 heterocycles. The van der Waals surface area contributed by atoms with E-state index in [9.17, 15) is 21.9 Å². The predicted molar refractivity (Wildman–Crippen MR) is 125 cm³/mol. The van der Waals surface area contributed by atoms with Gasteiger partial charge in [-0.25, -0.2) is 8.42 Å². The summed E-state index contributed by atoms with van der Waals surface area (Å²) in [5.74, 6) is -0.385. The third-order valence-electron chi connectivity index (χ3n) is 4.61. The van der Waals surface area contributed by atoms with Crippen LogP contribution in [0.2, 0.25) is 5.02 Å². The summed E-state index contributed by atoms with van der Waals surface area (Å²) in [6.45, 7) is 4.92. The van der Waals surface area contributed by atoms with Crippen LogP contribution in [0.5, 0.6) is 5.75 Å². The van der Waals surface area contributed by atoms with E-state index in [0.717, 1.165) is 5.56 Å². The number of hydrogen-bond acceptors (Lipinski definition) is 5. The smallest absolute Gasteiger partial charge is 0.283 e. The van der Waals surface area contributed by atoms with Crippen LogP contribution in [0.3, 0.4) is 0 Å². The topological polar surface area (TPSA) is 113 Å². The summed E-state index contributed by atoms with van der Waals surface area (Å²) in [6, 6.07) is 14.4. The third kappa shape index (κ3) is 5.12. The highest BCUT2D eigenvalue weighted by Crippen LogP contribution is 2.33. The zero-order valence-corrected chi connectivity index (χ0v) is 19.9. The molecule has 3 aromatic rings. The number of phenolic OH excluding ortho intramolecular Hbond substituents is 1. The molecule has 10 heteroatoms. The maximum absolute atomic E-state index is 13.0. The normalized spacial score (nSPS) is 12.6. The van der Waals surface area contributed by atoms with Gasteiger partial charge in [-0.15, -0.1) is 4.40 Å². The molecule has 32 heavy (non-hydrogen) atoms. The van der Waals surface area contributed by atoms with Gasteiger partial charge in [0.05, 0.1) is 9.79 Å². The maximum atomic E-state index is 13.0. The zero-order chi connectivity index (χ0) is 23.7. The van der Waals surface area contributed by atoms with Crippen LogP contribution in [0, 0.1) is 13.8 Å². The van der Waals surface area contributed by atoms with Gasteiger partial charge in [-0.3, -0.25) is 0 Å². The highest BCUT2D eigenvalue weighted by Gasteiger charge is 2.23. The maximum Gasteiger partial charge on any atom is 0.283 e. The number of phenols is 1. The number of rotatable bonds is 5. The largest absolute Gasteiger partial charge is 0.507 e. The summed E-state index contributed by atoms with van der Waals surface area (Å²) in [5, 5.41) is 13.5. The number of nitrogens with one attached hydrogen (secondary N) is 1. The van der Waals surface area contributed by atoms with Crippen molar-refractivity contribution >= 4 is 43.0 Å². The molecule has 0 aliphatic carbocycles. The molecule has 3 rings (SSSR count). The quantitative estimate of drug-likeness (QED) is 0.303. The molecule has 0 aliphatic heterocycles. The van der Waals surface area contributed by atoms with E-state index in [1.807, 2.05) is 6.92 Å². The first-order valence-electron chi connectivity index (χ1n) is 9.40. The molecule has 0 saturated carbocycles. The molecule has 0 bridgehead atoms. The Balaban J connectivity index is 1.98. The Bertz CT molecular complexity index is 1400. The van der Waals surface area contributed by atoms with Gasteiger partial charge in [0.15, 0.2) is 0 Å². The molecule has 0 radical (unpaired) electrons. The van der Waals surface area contributed by atoms with Crippen molar-refractivity contribution < 1.29 is 21.9 Å². The number of anilines is 1. The van der Waals surface area contributed by atoms with Gasteiger partial charge in [-0.2, -0.15) is 8.42 Å². The molecule has 0 aromatic heterocycles. The lowest BCUT2D eigenvalue weighted by atomic mass is 10.2. The second kappa shape index (κ2) is 8.93. The number of nitrogens with zero attached hydrogens (tertiary/aromatic N) is 1. The van der Waals surface area contributed by atoms with Crippen LogP contribution >= 0.6 is 11.6 Å². The van der Waals surface area contributed by atoms with E-state index in [1.165, 1.54) is 55.5 Å². The summed E-state index contributed by atoms with van der Waals surface area (Å²) >= 11 is 5.80. The lowest BCUT2D eigenvalue weighted by Crippen LogP contribution is -2.13. The molecule has 0 saturated heterocycles. The minimum Gasteiger partial charge on any atom is -0.507 e. The molecule has 0 unspecified atom stereocenters. The number of sulfone groups is 1. The monoisotopic (exact) mass is 492 g/mol. The second-order valence-corrected chi connectivity index (χ2v) is 11.1. The first-order valence-corrected chi connectivity index (χ1v) is 12.7. The molecule has 0 amide bonds. The Kier molecular flexibility index (Phi) is 6.64. The number of sulfonamides is 1. The first-order chi connectivity index (χ1) is 14.9. The van der Waals surface area contributed by atoms with Crippen LogP contribution in [-0.2, 0) is 19.9 Å². The molecular formula is C22H21ClN2O5S2. The van der Waals surface area contributed by atoms with Gasteiger partial charge < -0.3 is 10.4 Å². The van der Waals surface area contributed by atoms with Gasteiger partial charge in [0.25, 0.3) is 10.0 Å². The molecule has 2 N–H and O–H groups in total. The standard InChI is InChI=1S/C22H21ClN2O5S2/c1-14-4-8-18(9-5-14)31(27,28)22-13-20(15(2)12-21(22)26)24-16(3)25-32(29,30)19-10-6-17(23)7-11-19/h4-13,26H,1-3H3,(H,24,25). The molecular weight excluding hydrogens is 472 g/mol. The van der Waals surface area contributed by atoms with E-state index in [-0.39, 0.29) is 20.5 Å². The van der Waals surface area contributed by atoms with Crippen molar-refractivity contribution in [1.82, 2.24) is 0 Å². The molecule has 7 nitrogen and oxygen atoms in total. The second-order valence-electron chi connectivity index (χ2n) is 7.18. The summed E-state index contributed by atoms with van der Waals surface area (Å²) in [7, 11) is -8.01. The van der Waals surface area contributed by atoms with Crippen molar-refractivity contribution in [3.8, 4) is 5.75 Å². The van der Waals surface area contributed by atoms with Crippen LogP contribution in [0.4, 0.5) is 5.69 Å². The van der Waals surface area contributed by atoms with Crippen LogP contribution < -0.4 is 5.32 Å². The lowest BCUT2D eigenvalue weighted by molar-refractivity contribution is 0.458. The molecule has 0 atom stereocenters. The van der Waals surface area contributed by atoms with Crippen LogP contribution in [0.1, 0.15) is 18.1 Å². The molecule has 3 aromatic carbocycles. The number of hydrogen-bond donors (Lipinski definition) is 2. The fourth-order valence-corrected chi connectivity index (χ4v) is 5.40. The van der Waals surface area contributed by atoms with Crippen LogP contribution in [0.25, 0.3) is 0 Å². The predicted octanol–water partition coefficient (Wildman–Crippen LogP) is 4.71. The minimum atomic E-state index is -4.00. The van der Waals surface area contributed by atoms with Gasteiger partial charge in [0.1, 0.15) is 16.5 Å². The summed E-state index contributed by atoms with van der Waals surface area (Å²) < 4.78 is 54.8. The van der Waals surface area contributed by atoms with Gasteiger partial charge in [-0.1, -0.05) is 29.3 Å². The van der Waals surface area contributed by atoms with Crippen molar-refractivity contribution in [2.24, 2.45) is 4.40 Å². The van der Waals surface area contributed by atoms with E-state index >= 15 is 0 Å². The summed E-state index contributed by atoms with van der Waals surface area (Å²) in [6.07, 6.45) is 0. The number of amidine groups is 1. The lowest BCUT2D eigenvalue weighted by Gasteiger charge is -2.14. The van der Waals surface area contributed by atoms with Crippen molar-refractivity contribution in [2.45, 2.75) is 35.5 Å². The minimum absolute atomic E-state index is 0.0208. The number of halogens is 1. The van der Waals surface area contributed by atoms with Crippen molar-refractivity contribution in [1.29, 1.82) is 0 Å². The Hall–Kier alpha value is -2.88. The van der Waals surface area contributed by atoms with Crippen LogP contribution in [0.15, 0.2) is 79.7 Å². The van der Waals surface area contributed by atoms with Gasteiger partial charge in [0.2, 0.25) is 9.84 Å². The van der Waals surface area contributed by atoms with E-state index in [0.29, 0.717) is 16.3 Å². The molecule has 0 spiro atoms. The van der Waals surface area contributed by atoms with Gasteiger partial charge >= 0.3 is 0 Å². The first kappa shape index (κ1) is 23.8. The summed E-state index contributed by atoms with van der Waals surface area (Å²) in [5.41, 5.74) is 1.69. The highest BCUT2D eigenvalue weighted by atomic mass is 35.5. The molecule has 0 aliphatic rings. The highest BCUT2D eigenvalue weighted by molar-refractivity contribution is 7.91. The Morgan fingerprint density at radius 3 is 2.06 bits per heavy atom. The number of aryl methyl sites for hydroxylation is 2. The number of aromatic hydroxyl groups is 1. The molecule has 0 fully saturated rings. The van der Waals surface area contributed by atoms with E-state index in [2.05, 4.69) is 9.71 Å². The average Bonchev–Trinajstić information content (AvgIpc) is 2.70.